The van der Waals surface area contributed by atoms with Crippen molar-refractivity contribution in [2.45, 2.75) is 38.4 Å². The van der Waals surface area contributed by atoms with E-state index < -0.39 is 0 Å². The van der Waals surface area contributed by atoms with Gasteiger partial charge in [-0.15, -0.1) is 0 Å². The molecule has 0 aliphatic carbocycles. The van der Waals surface area contributed by atoms with Crippen LogP contribution in [0.25, 0.3) is 5.57 Å². The number of methoxy groups -OCH3 is 2. The number of nitrogens with one attached hydrogen (secondary N) is 1. The molecule has 37 heavy (non-hydrogen) atoms. The fraction of sp³-hybridized carbons (Fsp3) is 0.310. The normalized spacial score (nSPS) is 20.3. The van der Waals surface area contributed by atoms with Gasteiger partial charge in [0.15, 0.2) is 5.11 Å². The third-order valence-corrected chi connectivity index (χ3v) is 8.04. The number of hydrogen-bond acceptors (Lipinski definition) is 5. The lowest BCUT2D eigenvalue weighted by Gasteiger charge is -2.41. The molecule has 1 fully saturated rings. The van der Waals surface area contributed by atoms with Gasteiger partial charge in [0.1, 0.15) is 11.5 Å². The summed E-state index contributed by atoms with van der Waals surface area (Å²) in [7, 11) is 5.41. The van der Waals surface area contributed by atoms with Crippen LogP contribution in [-0.2, 0) is 0 Å². The number of fused-ring (bicyclic) bond motifs is 1. The van der Waals surface area contributed by atoms with Gasteiger partial charge in [0.05, 0.1) is 43.2 Å². The maximum absolute atomic E-state index is 7.11. The van der Waals surface area contributed by atoms with Crippen LogP contribution in [0.15, 0.2) is 60.8 Å². The van der Waals surface area contributed by atoms with Crippen molar-refractivity contribution in [2.24, 2.45) is 0 Å². The average Bonchev–Trinajstić information content (AvgIpc) is 3.23. The Labute approximate surface area is 228 Å². The van der Waals surface area contributed by atoms with Gasteiger partial charge < -0.3 is 24.6 Å². The average molecular weight is 535 g/mol. The summed E-state index contributed by atoms with van der Waals surface area (Å²) in [6, 6.07) is 15.4. The summed E-state index contributed by atoms with van der Waals surface area (Å²) in [6.07, 6.45) is 4.09. The Morgan fingerprint density at radius 1 is 1.05 bits per heavy atom. The lowest BCUT2D eigenvalue weighted by Crippen LogP contribution is -2.42. The van der Waals surface area contributed by atoms with E-state index in [4.69, 9.17) is 33.3 Å². The molecule has 192 valence electrons. The zero-order valence-electron chi connectivity index (χ0n) is 21.9. The molecule has 1 N–H and O–H groups in total. The van der Waals surface area contributed by atoms with Crippen molar-refractivity contribution in [3.63, 3.8) is 0 Å². The molecular weight excluding hydrogens is 504 g/mol. The minimum atomic E-state index is -0.283. The molecule has 0 amide bonds. The Morgan fingerprint density at radius 2 is 1.84 bits per heavy atom. The number of nitrogens with zero attached hydrogens (tertiary/aromatic N) is 3. The predicted octanol–water partition coefficient (Wildman–Crippen LogP) is 6.56. The Kier molecular flexibility index (Phi) is 6.54. The molecule has 2 unspecified atom stereocenters. The van der Waals surface area contributed by atoms with E-state index in [1.165, 1.54) is 5.57 Å². The van der Waals surface area contributed by atoms with Crippen LogP contribution in [0.2, 0.25) is 5.02 Å². The van der Waals surface area contributed by atoms with Crippen LogP contribution in [-0.4, -0.2) is 36.9 Å². The number of halogens is 1. The lowest BCUT2D eigenvalue weighted by atomic mass is 9.86. The maximum atomic E-state index is 7.11. The number of benzene rings is 2. The number of likely N-dealkylation sites (N-methyl/N-ethyl adjacent to an activating group) is 1. The van der Waals surface area contributed by atoms with Crippen LogP contribution in [0, 0.1) is 0 Å². The van der Waals surface area contributed by atoms with Crippen LogP contribution in [0.3, 0.4) is 0 Å². The molecule has 1 saturated heterocycles. The summed E-state index contributed by atoms with van der Waals surface area (Å²) in [5.41, 5.74) is 5.97. The number of anilines is 2. The minimum absolute atomic E-state index is 0.116. The summed E-state index contributed by atoms with van der Waals surface area (Å²) in [5, 5.41) is 4.74. The second-order valence-corrected chi connectivity index (χ2v) is 10.8. The maximum Gasteiger partial charge on any atom is 0.174 e. The first-order valence-corrected chi connectivity index (χ1v) is 12.9. The van der Waals surface area contributed by atoms with Crippen molar-refractivity contribution >= 4 is 45.9 Å². The fourth-order valence-electron chi connectivity index (χ4n) is 5.33. The number of hydrogen-bond donors (Lipinski definition) is 1. The van der Waals surface area contributed by atoms with Crippen LogP contribution in [0.5, 0.6) is 11.5 Å². The van der Waals surface area contributed by atoms with Crippen LogP contribution in [0.1, 0.15) is 49.7 Å². The monoisotopic (exact) mass is 534 g/mol. The quantitative estimate of drug-likeness (QED) is 0.372. The van der Waals surface area contributed by atoms with Crippen molar-refractivity contribution in [2.75, 3.05) is 31.1 Å². The summed E-state index contributed by atoms with van der Waals surface area (Å²) in [4.78, 5) is 9.01. The second kappa shape index (κ2) is 9.54. The van der Waals surface area contributed by atoms with Crippen LogP contribution >= 0.6 is 23.8 Å². The Balaban J connectivity index is 1.74. The molecule has 0 spiro atoms. The predicted molar refractivity (Wildman–Crippen MR) is 155 cm³/mol. The van der Waals surface area contributed by atoms with Gasteiger partial charge in [-0.25, -0.2) is 0 Å². The second-order valence-electron chi connectivity index (χ2n) is 9.97. The van der Waals surface area contributed by atoms with E-state index in [1.807, 2.05) is 36.4 Å². The Morgan fingerprint density at radius 3 is 2.51 bits per heavy atom. The van der Waals surface area contributed by atoms with E-state index >= 15 is 0 Å². The topological polar surface area (TPSA) is 49.9 Å². The first-order valence-electron chi connectivity index (χ1n) is 12.2. The number of rotatable bonds is 5. The van der Waals surface area contributed by atoms with E-state index in [0.717, 1.165) is 28.2 Å². The highest BCUT2D eigenvalue weighted by Gasteiger charge is 2.43. The molecule has 0 bridgehead atoms. The third-order valence-electron chi connectivity index (χ3n) is 7.40. The summed E-state index contributed by atoms with van der Waals surface area (Å²) in [6.45, 7) is 6.56. The van der Waals surface area contributed by atoms with Gasteiger partial charge in [0.25, 0.3) is 0 Å². The highest BCUT2D eigenvalue weighted by atomic mass is 35.5. The number of aromatic nitrogens is 1. The Bertz CT molecular complexity index is 1390. The van der Waals surface area contributed by atoms with Gasteiger partial charge in [-0.1, -0.05) is 23.7 Å². The number of pyridine rings is 1. The van der Waals surface area contributed by atoms with Crippen molar-refractivity contribution in [1.29, 1.82) is 0 Å². The molecule has 1 aromatic heterocycles. The van der Waals surface area contributed by atoms with E-state index in [-0.39, 0.29) is 17.6 Å². The zero-order valence-corrected chi connectivity index (χ0v) is 23.4. The zero-order chi connectivity index (χ0) is 26.5. The molecule has 2 aromatic carbocycles. The largest absolute Gasteiger partial charge is 0.497 e. The highest BCUT2D eigenvalue weighted by molar-refractivity contribution is 7.80. The molecule has 2 aliphatic heterocycles. The molecule has 6 nitrogen and oxygen atoms in total. The first kappa shape index (κ1) is 25.4. The molecule has 2 atom stereocenters. The Hall–Kier alpha value is -3.29. The van der Waals surface area contributed by atoms with Crippen LogP contribution in [0.4, 0.5) is 11.4 Å². The number of ether oxygens (including phenoxy) is 2. The molecular formula is C29H31ClN4O2S. The molecule has 3 heterocycles. The third kappa shape index (κ3) is 4.30. The van der Waals surface area contributed by atoms with Crippen molar-refractivity contribution in [3.05, 3.63) is 82.6 Å². The van der Waals surface area contributed by atoms with E-state index in [0.29, 0.717) is 21.6 Å². The molecule has 2 aliphatic rings. The van der Waals surface area contributed by atoms with Gasteiger partial charge >= 0.3 is 0 Å². The van der Waals surface area contributed by atoms with E-state index in [2.05, 4.69) is 66.1 Å². The van der Waals surface area contributed by atoms with Gasteiger partial charge in [-0.3, -0.25) is 4.98 Å². The van der Waals surface area contributed by atoms with Crippen molar-refractivity contribution in [3.8, 4) is 11.5 Å². The molecule has 0 radical (unpaired) electrons. The van der Waals surface area contributed by atoms with Gasteiger partial charge in [-0.05, 0) is 80.5 Å². The molecule has 3 aromatic rings. The molecule has 8 heteroatoms. The smallest absolute Gasteiger partial charge is 0.174 e. The van der Waals surface area contributed by atoms with Gasteiger partial charge in [0, 0.05) is 35.6 Å². The van der Waals surface area contributed by atoms with Crippen molar-refractivity contribution in [1.82, 2.24) is 10.3 Å². The van der Waals surface area contributed by atoms with Crippen LogP contribution < -0.4 is 24.6 Å². The molecule has 5 rings (SSSR count). The summed E-state index contributed by atoms with van der Waals surface area (Å²) < 4.78 is 11.3. The fourth-order valence-corrected chi connectivity index (χ4v) is 5.94. The van der Waals surface area contributed by atoms with E-state index in [1.54, 1.807) is 20.4 Å². The number of allylic oxidation sites excluding steroid dienone is 1. The highest BCUT2D eigenvalue weighted by Crippen LogP contribution is 2.49. The minimum Gasteiger partial charge on any atom is -0.497 e. The lowest BCUT2D eigenvalue weighted by molar-refractivity contribution is 0.403. The van der Waals surface area contributed by atoms with E-state index in [9.17, 15) is 0 Å². The van der Waals surface area contributed by atoms with Gasteiger partial charge in [0.2, 0.25) is 0 Å². The first-order chi connectivity index (χ1) is 17.7. The summed E-state index contributed by atoms with van der Waals surface area (Å²) >= 11 is 13.0. The van der Waals surface area contributed by atoms with Gasteiger partial charge in [-0.2, -0.15) is 0 Å². The summed E-state index contributed by atoms with van der Waals surface area (Å²) in [5.74, 6) is 1.39. The SMILES string of the molecule is COc1ccc(OC)c(N2C(=S)NC(c3ccccn3)C2c2cc3c(cc2Cl)N(C)C(C)(C)C=C3C)c1. The molecule has 0 saturated carbocycles. The van der Waals surface area contributed by atoms with Crippen molar-refractivity contribution < 1.29 is 9.47 Å². The standard InChI is InChI=1S/C29H31ClN4O2S/c1-17-16-29(2,3)33(4)23-15-21(30)20(14-19(17)23)27-26(22-9-7-8-12-31-22)32-28(37)34(27)24-13-18(35-5)10-11-25(24)36-6/h7-16,26-27H,1-6H3,(H,32,37). The number of thiocarbonyl (C=S) groups is 1.